The van der Waals surface area contributed by atoms with E-state index in [2.05, 4.69) is 24.3 Å². The van der Waals surface area contributed by atoms with Gasteiger partial charge in [-0.1, -0.05) is 13.8 Å². The molecule has 6 nitrogen and oxygen atoms in total. The third-order valence-corrected chi connectivity index (χ3v) is 4.37. The predicted molar refractivity (Wildman–Crippen MR) is 102 cm³/mol. The molecular weight excluding hydrogens is 347 g/mol. The lowest BCUT2D eigenvalue weighted by Gasteiger charge is -2.08. The summed E-state index contributed by atoms with van der Waals surface area (Å²) >= 11 is 0. The molecule has 1 N–H and O–H groups in total. The molecule has 2 heterocycles. The number of nitrogens with one attached hydrogen (secondary N) is 1. The average Bonchev–Trinajstić information content (AvgIpc) is 3.06. The van der Waals surface area contributed by atoms with Crippen LogP contribution in [0.1, 0.15) is 26.7 Å². The number of amides is 1. The number of hydrogen-bond donors (Lipinski definition) is 1. The van der Waals surface area contributed by atoms with Gasteiger partial charge in [0.25, 0.3) is 5.56 Å². The van der Waals surface area contributed by atoms with Crippen molar-refractivity contribution in [1.29, 1.82) is 0 Å². The van der Waals surface area contributed by atoms with Crippen LogP contribution in [0, 0.1) is 11.7 Å². The molecule has 0 aliphatic carbocycles. The molecule has 0 fully saturated rings. The van der Waals surface area contributed by atoms with Gasteiger partial charge in [0.1, 0.15) is 11.3 Å². The van der Waals surface area contributed by atoms with E-state index < -0.39 is 0 Å². The van der Waals surface area contributed by atoms with Crippen LogP contribution in [-0.2, 0) is 11.3 Å². The minimum Gasteiger partial charge on any atom is -0.356 e. The van der Waals surface area contributed by atoms with Crippen molar-refractivity contribution in [1.82, 2.24) is 19.5 Å². The molecule has 0 bridgehead atoms. The Hall–Kier alpha value is -2.96. The smallest absolute Gasteiger partial charge is 0.276 e. The SMILES string of the molecule is CC(C)CCNC(=O)CCn1ccn2nc(-c3ccc(F)cc3)cc2c1=O. The lowest BCUT2D eigenvalue weighted by atomic mass is 10.1. The van der Waals surface area contributed by atoms with Crippen LogP contribution in [0.4, 0.5) is 4.39 Å². The third kappa shape index (κ3) is 4.61. The highest BCUT2D eigenvalue weighted by Crippen LogP contribution is 2.18. The standard InChI is InChI=1S/C20H23FN4O2/c1-14(2)7-9-22-19(26)8-10-24-11-12-25-18(20(24)27)13-17(23-25)15-3-5-16(21)6-4-15/h3-6,11-14H,7-10H2,1-2H3,(H,22,26). The van der Waals surface area contributed by atoms with Crippen LogP contribution in [-0.4, -0.2) is 26.6 Å². The number of nitrogens with zero attached hydrogens (tertiary/aromatic N) is 3. The van der Waals surface area contributed by atoms with Gasteiger partial charge in [-0.15, -0.1) is 0 Å². The summed E-state index contributed by atoms with van der Waals surface area (Å²) in [5, 5.41) is 7.24. The fourth-order valence-electron chi connectivity index (χ4n) is 2.77. The highest BCUT2D eigenvalue weighted by atomic mass is 19.1. The van der Waals surface area contributed by atoms with E-state index in [-0.39, 0.29) is 23.7 Å². The number of aryl methyl sites for hydroxylation is 1. The van der Waals surface area contributed by atoms with Crippen molar-refractivity contribution >= 4 is 11.4 Å². The number of carbonyl (C=O) groups excluding carboxylic acids is 1. The molecular formula is C20H23FN4O2. The highest BCUT2D eigenvalue weighted by Gasteiger charge is 2.10. The molecule has 0 saturated heterocycles. The Morgan fingerprint density at radius 3 is 2.67 bits per heavy atom. The summed E-state index contributed by atoms with van der Waals surface area (Å²) < 4.78 is 16.1. The summed E-state index contributed by atoms with van der Waals surface area (Å²) in [6.07, 6.45) is 4.48. The van der Waals surface area contributed by atoms with Crippen molar-refractivity contribution in [2.24, 2.45) is 5.92 Å². The van der Waals surface area contributed by atoms with Crippen molar-refractivity contribution in [3.63, 3.8) is 0 Å². The molecule has 7 heteroatoms. The largest absolute Gasteiger partial charge is 0.356 e. The molecule has 0 radical (unpaired) electrons. The minimum absolute atomic E-state index is 0.0667. The maximum atomic E-state index is 13.1. The summed E-state index contributed by atoms with van der Waals surface area (Å²) in [5.41, 5.74) is 1.53. The minimum atomic E-state index is -0.323. The molecule has 0 saturated carbocycles. The molecule has 3 aromatic rings. The van der Waals surface area contributed by atoms with Crippen LogP contribution >= 0.6 is 0 Å². The second kappa shape index (κ2) is 8.16. The van der Waals surface area contributed by atoms with Crippen LogP contribution in [0.2, 0.25) is 0 Å². The zero-order valence-electron chi connectivity index (χ0n) is 15.5. The first-order valence-electron chi connectivity index (χ1n) is 9.05. The zero-order chi connectivity index (χ0) is 19.4. The van der Waals surface area contributed by atoms with Gasteiger partial charge in [-0.2, -0.15) is 5.10 Å². The van der Waals surface area contributed by atoms with E-state index in [0.717, 1.165) is 12.0 Å². The Labute approximate surface area is 156 Å². The molecule has 142 valence electrons. The van der Waals surface area contributed by atoms with Crippen LogP contribution in [0.3, 0.4) is 0 Å². The number of fused-ring (bicyclic) bond motifs is 1. The van der Waals surface area contributed by atoms with Gasteiger partial charge in [-0.3, -0.25) is 9.59 Å². The zero-order valence-corrected chi connectivity index (χ0v) is 15.5. The van der Waals surface area contributed by atoms with Crippen molar-refractivity contribution in [2.45, 2.75) is 33.2 Å². The van der Waals surface area contributed by atoms with E-state index in [9.17, 15) is 14.0 Å². The molecule has 0 aliphatic rings. The van der Waals surface area contributed by atoms with E-state index >= 15 is 0 Å². The van der Waals surface area contributed by atoms with E-state index in [4.69, 9.17) is 0 Å². The van der Waals surface area contributed by atoms with Gasteiger partial charge >= 0.3 is 0 Å². The molecule has 1 aromatic carbocycles. The summed E-state index contributed by atoms with van der Waals surface area (Å²) in [5.74, 6) is 0.145. The van der Waals surface area contributed by atoms with Crippen LogP contribution < -0.4 is 10.9 Å². The van der Waals surface area contributed by atoms with Gasteiger partial charge in [-0.05, 0) is 42.7 Å². The topological polar surface area (TPSA) is 68.4 Å². The number of rotatable bonds is 7. The maximum absolute atomic E-state index is 13.1. The lowest BCUT2D eigenvalue weighted by Crippen LogP contribution is -2.28. The quantitative estimate of drug-likeness (QED) is 0.695. The van der Waals surface area contributed by atoms with Gasteiger partial charge in [0.05, 0.1) is 5.69 Å². The highest BCUT2D eigenvalue weighted by molar-refractivity contribution is 5.75. The number of aromatic nitrogens is 3. The Bertz CT molecular complexity index is 989. The monoisotopic (exact) mass is 370 g/mol. The molecule has 0 unspecified atom stereocenters. The second-order valence-corrected chi connectivity index (χ2v) is 6.95. The first-order valence-corrected chi connectivity index (χ1v) is 9.05. The van der Waals surface area contributed by atoms with Gasteiger partial charge in [-0.25, -0.2) is 8.91 Å². The fraction of sp³-hybridized carbons (Fsp3) is 0.350. The Kier molecular flexibility index (Phi) is 5.69. The summed E-state index contributed by atoms with van der Waals surface area (Å²) in [6.45, 7) is 5.16. The summed E-state index contributed by atoms with van der Waals surface area (Å²) in [7, 11) is 0. The molecule has 3 rings (SSSR count). The van der Waals surface area contributed by atoms with Gasteiger partial charge in [0.15, 0.2) is 0 Å². The number of benzene rings is 1. The third-order valence-electron chi connectivity index (χ3n) is 4.37. The lowest BCUT2D eigenvalue weighted by molar-refractivity contribution is -0.121. The normalized spacial score (nSPS) is 11.3. The fourth-order valence-corrected chi connectivity index (χ4v) is 2.77. The maximum Gasteiger partial charge on any atom is 0.276 e. The summed E-state index contributed by atoms with van der Waals surface area (Å²) in [6, 6.07) is 7.63. The van der Waals surface area contributed by atoms with E-state index in [1.54, 1.807) is 30.6 Å². The Morgan fingerprint density at radius 2 is 1.96 bits per heavy atom. The van der Waals surface area contributed by atoms with Crippen LogP contribution in [0.25, 0.3) is 16.8 Å². The first kappa shape index (κ1) is 18.8. The van der Waals surface area contributed by atoms with Crippen molar-refractivity contribution in [3.05, 3.63) is 58.9 Å². The molecule has 0 aliphatic heterocycles. The Balaban J connectivity index is 1.72. The molecule has 0 spiro atoms. The van der Waals surface area contributed by atoms with Crippen LogP contribution in [0.15, 0.2) is 47.5 Å². The van der Waals surface area contributed by atoms with Gasteiger partial charge < -0.3 is 9.88 Å². The van der Waals surface area contributed by atoms with Gasteiger partial charge in [0, 0.05) is 37.5 Å². The second-order valence-electron chi connectivity index (χ2n) is 6.95. The van der Waals surface area contributed by atoms with Crippen molar-refractivity contribution < 1.29 is 9.18 Å². The van der Waals surface area contributed by atoms with Gasteiger partial charge in [0.2, 0.25) is 5.91 Å². The molecule has 1 amide bonds. The predicted octanol–water partition coefficient (Wildman–Crippen LogP) is 2.85. The van der Waals surface area contributed by atoms with Crippen LogP contribution in [0.5, 0.6) is 0 Å². The van der Waals surface area contributed by atoms with Crippen molar-refractivity contribution in [3.8, 4) is 11.3 Å². The molecule has 27 heavy (non-hydrogen) atoms. The number of carbonyl (C=O) groups is 1. The van der Waals surface area contributed by atoms with E-state index in [1.165, 1.54) is 21.2 Å². The number of halogens is 1. The first-order chi connectivity index (χ1) is 12.9. The summed E-state index contributed by atoms with van der Waals surface area (Å²) in [4.78, 5) is 24.6. The van der Waals surface area contributed by atoms with E-state index in [1.807, 2.05) is 0 Å². The van der Waals surface area contributed by atoms with E-state index in [0.29, 0.717) is 30.2 Å². The number of hydrogen-bond acceptors (Lipinski definition) is 3. The molecule has 0 atom stereocenters. The Morgan fingerprint density at radius 1 is 1.22 bits per heavy atom. The molecule has 2 aromatic heterocycles. The van der Waals surface area contributed by atoms with Crippen molar-refractivity contribution in [2.75, 3.05) is 6.54 Å². The average molecular weight is 370 g/mol.